The molecule has 0 aliphatic carbocycles. The monoisotopic (exact) mass is 430 g/mol. The lowest BCUT2D eigenvalue weighted by molar-refractivity contribution is -0.117. The zero-order valence-electron chi connectivity index (χ0n) is 15.8. The van der Waals surface area contributed by atoms with Crippen molar-refractivity contribution in [2.24, 2.45) is 0 Å². The molecule has 154 valence electrons. The van der Waals surface area contributed by atoms with Crippen LogP contribution < -0.4 is 10.2 Å². The number of aromatic nitrogens is 2. The van der Waals surface area contributed by atoms with Crippen LogP contribution in [0, 0.1) is 0 Å². The van der Waals surface area contributed by atoms with Crippen molar-refractivity contribution in [2.75, 3.05) is 16.8 Å². The normalized spacial score (nSPS) is 10.7. The molecule has 1 aromatic carbocycles. The van der Waals surface area contributed by atoms with E-state index in [0.717, 1.165) is 4.90 Å². The maximum absolute atomic E-state index is 12.8. The zero-order valence-corrected chi connectivity index (χ0v) is 16.6. The van der Waals surface area contributed by atoms with E-state index in [9.17, 15) is 18.4 Å². The van der Waals surface area contributed by atoms with Crippen LogP contribution in [-0.2, 0) is 4.79 Å². The van der Waals surface area contributed by atoms with E-state index < -0.39 is 18.9 Å². The smallest absolute Gasteiger partial charge is 0.257 e. The Bertz CT molecular complexity index is 1050. The quantitative estimate of drug-likeness (QED) is 0.616. The highest BCUT2D eigenvalue weighted by Crippen LogP contribution is 2.31. The average molecular weight is 431 g/mol. The molecule has 9 heteroatoms. The Kier molecular flexibility index (Phi) is 6.68. The van der Waals surface area contributed by atoms with Crippen LogP contribution in [0.25, 0.3) is 11.3 Å². The van der Waals surface area contributed by atoms with E-state index in [0.29, 0.717) is 22.5 Å². The molecule has 0 fully saturated rings. The molecule has 2 amide bonds. The predicted molar refractivity (Wildman–Crippen MR) is 111 cm³/mol. The number of alkyl halides is 2. The maximum Gasteiger partial charge on any atom is 0.257 e. The van der Waals surface area contributed by atoms with Gasteiger partial charge in [-0.3, -0.25) is 19.6 Å². The first-order chi connectivity index (χ1) is 14.3. The largest absolute Gasteiger partial charge is 0.321 e. The highest BCUT2D eigenvalue weighted by molar-refractivity contribution is 6.34. The highest BCUT2D eigenvalue weighted by Gasteiger charge is 2.20. The third-order valence-electron chi connectivity index (χ3n) is 4.18. The Morgan fingerprint density at radius 2 is 1.97 bits per heavy atom. The van der Waals surface area contributed by atoms with Crippen LogP contribution in [0.4, 0.5) is 20.2 Å². The number of hydrogen-bond acceptors (Lipinski definition) is 4. The molecular formula is C21H17ClF2N4O2. The first-order valence-corrected chi connectivity index (χ1v) is 9.26. The van der Waals surface area contributed by atoms with Crippen LogP contribution >= 0.6 is 11.6 Å². The van der Waals surface area contributed by atoms with E-state index in [-0.39, 0.29) is 16.6 Å². The summed E-state index contributed by atoms with van der Waals surface area (Å²) in [6.07, 6.45) is 1.87. The SMILES string of the molecule is CC(=O)N(CC(F)F)c1ccc(-c2ccc(C(=O)Nc3cccnc3)cn2)cc1Cl. The number of anilines is 2. The van der Waals surface area contributed by atoms with Gasteiger partial charge < -0.3 is 10.2 Å². The second kappa shape index (κ2) is 9.41. The fourth-order valence-electron chi connectivity index (χ4n) is 2.76. The first-order valence-electron chi connectivity index (χ1n) is 8.88. The molecule has 30 heavy (non-hydrogen) atoms. The second-order valence-electron chi connectivity index (χ2n) is 6.31. The van der Waals surface area contributed by atoms with Gasteiger partial charge in [-0.1, -0.05) is 17.7 Å². The van der Waals surface area contributed by atoms with Gasteiger partial charge in [0.15, 0.2) is 0 Å². The maximum atomic E-state index is 12.8. The fraction of sp³-hybridized carbons (Fsp3) is 0.143. The molecule has 0 unspecified atom stereocenters. The average Bonchev–Trinajstić information content (AvgIpc) is 2.73. The molecule has 0 spiro atoms. The van der Waals surface area contributed by atoms with Crippen molar-refractivity contribution in [1.82, 2.24) is 9.97 Å². The molecule has 0 saturated carbocycles. The summed E-state index contributed by atoms with van der Waals surface area (Å²) in [4.78, 5) is 33.1. The molecule has 0 radical (unpaired) electrons. The number of carbonyl (C=O) groups excluding carboxylic acids is 2. The molecule has 0 bridgehead atoms. The number of halogens is 3. The van der Waals surface area contributed by atoms with Crippen LogP contribution in [0.2, 0.25) is 5.02 Å². The minimum absolute atomic E-state index is 0.142. The topological polar surface area (TPSA) is 75.2 Å². The molecule has 6 nitrogen and oxygen atoms in total. The van der Waals surface area contributed by atoms with Gasteiger partial charge in [-0.15, -0.1) is 0 Å². The second-order valence-corrected chi connectivity index (χ2v) is 6.72. The first kappa shape index (κ1) is 21.3. The molecule has 2 aromatic heterocycles. The van der Waals surface area contributed by atoms with E-state index in [4.69, 9.17) is 11.6 Å². The van der Waals surface area contributed by atoms with Crippen molar-refractivity contribution in [3.8, 4) is 11.3 Å². The lowest BCUT2D eigenvalue weighted by Crippen LogP contribution is -2.33. The van der Waals surface area contributed by atoms with E-state index in [1.165, 1.54) is 31.5 Å². The molecule has 1 N–H and O–H groups in total. The number of hydrogen-bond donors (Lipinski definition) is 1. The fourth-order valence-corrected chi connectivity index (χ4v) is 3.04. The number of benzene rings is 1. The van der Waals surface area contributed by atoms with E-state index in [1.807, 2.05) is 0 Å². The van der Waals surface area contributed by atoms with Crippen molar-refractivity contribution < 1.29 is 18.4 Å². The van der Waals surface area contributed by atoms with Gasteiger partial charge in [-0.05, 0) is 36.4 Å². The van der Waals surface area contributed by atoms with Crippen LogP contribution in [0.5, 0.6) is 0 Å². The van der Waals surface area contributed by atoms with Crippen LogP contribution in [-0.4, -0.2) is 34.8 Å². The number of nitrogens with one attached hydrogen (secondary N) is 1. The van der Waals surface area contributed by atoms with Crippen molar-refractivity contribution in [2.45, 2.75) is 13.3 Å². The summed E-state index contributed by atoms with van der Waals surface area (Å²) in [5, 5.41) is 2.85. The summed E-state index contributed by atoms with van der Waals surface area (Å²) in [6.45, 7) is 0.455. The summed E-state index contributed by atoms with van der Waals surface area (Å²) in [6, 6.07) is 11.3. The van der Waals surface area contributed by atoms with Gasteiger partial charge in [0.25, 0.3) is 12.3 Å². The van der Waals surface area contributed by atoms with Gasteiger partial charge in [0.2, 0.25) is 5.91 Å². The van der Waals surface area contributed by atoms with Crippen molar-refractivity contribution >= 4 is 34.8 Å². The van der Waals surface area contributed by atoms with Crippen LogP contribution in [0.1, 0.15) is 17.3 Å². The molecular weight excluding hydrogens is 414 g/mol. The third kappa shape index (κ3) is 5.15. The van der Waals surface area contributed by atoms with Crippen LogP contribution in [0.15, 0.2) is 61.1 Å². The standard InChI is InChI=1S/C21H17ClF2N4O2/c1-13(29)28(12-20(23)24)19-7-5-14(9-17(19)22)18-6-4-15(10-26-18)21(30)27-16-3-2-8-25-11-16/h2-11,20H,12H2,1H3,(H,27,30). The number of rotatable bonds is 6. The summed E-state index contributed by atoms with van der Waals surface area (Å²) >= 11 is 6.24. The Balaban J connectivity index is 1.78. The highest BCUT2D eigenvalue weighted by atomic mass is 35.5. The lowest BCUT2D eigenvalue weighted by atomic mass is 10.1. The van der Waals surface area contributed by atoms with Gasteiger partial charge in [0, 0.05) is 24.9 Å². The molecule has 0 saturated heterocycles. The van der Waals surface area contributed by atoms with E-state index in [2.05, 4.69) is 15.3 Å². The number of carbonyl (C=O) groups is 2. The Labute approximate surface area is 176 Å². The van der Waals surface area contributed by atoms with Gasteiger partial charge in [0.05, 0.1) is 40.4 Å². The molecule has 3 aromatic rings. The van der Waals surface area contributed by atoms with Crippen molar-refractivity contribution in [3.05, 3.63) is 71.6 Å². The zero-order chi connectivity index (χ0) is 21.7. The summed E-state index contributed by atoms with van der Waals surface area (Å²) in [7, 11) is 0. The van der Waals surface area contributed by atoms with Crippen molar-refractivity contribution in [3.63, 3.8) is 0 Å². The molecule has 0 aliphatic rings. The molecule has 2 heterocycles. The number of amides is 2. The Morgan fingerprint density at radius 3 is 2.53 bits per heavy atom. The van der Waals surface area contributed by atoms with Gasteiger partial charge in [0.1, 0.15) is 0 Å². The number of pyridine rings is 2. The van der Waals surface area contributed by atoms with Crippen molar-refractivity contribution in [1.29, 1.82) is 0 Å². The number of nitrogens with zero attached hydrogens (tertiary/aromatic N) is 3. The third-order valence-corrected chi connectivity index (χ3v) is 4.48. The van der Waals surface area contributed by atoms with Gasteiger partial charge >= 0.3 is 0 Å². The molecule has 3 rings (SSSR count). The molecule has 0 atom stereocenters. The Hall–Kier alpha value is -3.39. The summed E-state index contributed by atoms with van der Waals surface area (Å²) in [5.74, 6) is -0.869. The summed E-state index contributed by atoms with van der Waals surface area (Å²) < 4.78 is 25.5. The predicted octanol–water partition coefficient (Wildman–Crippen LogP) is 4.67. The minimum Gasteiger partial charge on any atom is -0.321 e. The van der Waals surface area contributed by atoms with Crippen LogP contribution in [0.3, 0.4) is 0 Å². The van der Waals surface area contributed by atoms with Gasteiger partial charge in [-0.2, -0.15) is 0 Å². The molecule has 0 aliphatic heterocycles. The minimum atomic E-state index is -2.68. The van der Waals surface area contributed by atoms with Gasteiger partial charge in [-0.25, -0.2) is 8.78 Å². The van der Waals surface area contributed by atoms with E-state index in [1.54, 1.807) is 36.5 Å². The summed E-state index contributed by atoms with van der Waals surface area (Å²) in [5.41, 5.74) is 2.26. The lowest BCUT2D eigenvalue weighted by Gasteiger charge is -2.22. The van der Waals surface area contributed by atoms with E-state index >= 15 is 0 Å². The Morgan fingerprint density at radius 1 is 1.17 bits per heavy atom.